The van der Waals surface area contributed by atoms with E-state index in [0.29, 0.717) is 66.1 Å². The lowest BCUT2D eigenvalue weighted by Crippen LogP contribution is -2.49. The van der Waals surface area contributed by atoms with E-state index in [9.17, 15) is 9.59 Å². The first-order valence-corrected chi connectivity index (χ1v) is 14.8. The van der Waals surface area contributed by atoms with Crippen LogP contribution in [-0.2, 0) is 20.8 Å². The summed E-state index contributed by atoms with van der Waals surface area (Å²) >= 11 is 11.9. The highest BCUT2D eigenvalue weighted by atomic mass is 35.5. The number of nitrogens with zero attached hydrogens (tertiary/aromatic N) is 2. The van der Waals surface area contributed by atoms with Crippen LogP contribution in [0.3, 0.4) is 0 Å². The molecular weight excluding hydrogens is 594 g/mol. The molecule has 4 rings (SSSR count). The van der Waals surface area contributed by atoms with E-state index in [1.807, 2.05) is 33.8 Å². The van der Waals surface area contributed by atoms with Crippen LogP contribution in [0.2, 0.25) is 5.02 Å². The molecule has 1 aromatic carbocycles. The molecule has 2 unspecified atom stereocenters. The van der Waals surface area contributed by atoms with Gasteiger partial charge in [-0.25, -0.2) is 4.79 Å². The molecule has 1 saturated heterocycles. The molecule has 0 radical (unpaired) electrons. The van der Waals surface area contributed by atoms with Gasteiger partial charge in [-0.1, -0.05) is 29.9 Å². The van der Waals surface area contributed by atoms with E-state index in [2.05, 4.69) is 20.9 Å². The Balaban J connectivity index is 1.44. The third-order valence-corrected chi connectivity index (χ3v) is 7.24. The van der Waals surface area contributed by atoms with Crippen LogP contribution in [0, 0.1) is 0 Å². The second-order valence-electron chi connectivity index (χ2n) is 11.3. The minimum Gasteiger partial charge on any atom is -0.493 e. The van der Waals surface area contributed by atoms with Crippen molar-refractivity contribution in [3.8, 4) is 11.5 Å². The van der Waals surface area contributed by atoms with E-state index >= 15 is 0 Å². The van der Waals surface area contributed by atoms with Crippen LogP contribution in [0.1, 0.15) is 39.7 Å². The normalized spacial score (nSPS) is 18.9. The third kappa shape index (κ3) is 8.71. The van der Waals surface area contributed by atoms with Crippen LogP contribution in [0.4, 0.5) is 10.5 Å². The van der Waals surface area contributed by atoms with Crippen LogP contribution in [0.25, 0.3) is 0 Å². The molecule has 0 spiro atoms. The number of nitrogens with one attached hydrogen (secondary N) is 3. The van der Waals surface area contributed by atoms with E-state index in [1.54, 1.807) is 35.5 Å². The number of thiocarbonyl (C=S) groups is 1. The van der Waals surface area contributed by atoms with Gasteiger partial charge in [-0.3, -0.25) is 9.78 Å². The predicted molar refractivity (Wildman–Crippen MR) is 168 cm³/mol. The molecule has 0 saturated carbocycles. The molecule has 0 bridgehead atoms. The molecule has 1 fully saturated rings. The van der Waals surface area contributed by atoms with Gasteiger partial charge >= 0.3 is 6.09 Å². The van der Waals surface area contributed by atoms with Gasteiger partial charge in [0.1, 0.15) is 29.0 Å². The molecule has 0 aliphatic carbocycles. The number of pyridine rings is 1. The van der Waals surface area contributed by atoms with E-state index in [4.69, 9.17) is 42.8 Å². The van der Waals surface area contributed by atoms with Crippen LogP contribution in [0.15, 0.2) is 47.9 Å². The molecule has 13 heteroatoms. The number of para-hydroxylation sites is 1. The Kier molecular flexibility index (Phi) is 10.7. The highest BCUT2D eigenvalue weighted by Crippen LogP contribution is 2.33. The van der Waals surface area contributed by atoms with Gasteiger partial charge in [0.25, 0.3) is 5.91 Å². The van der Waals surface area contributed by atoms with Crippen LogP contribution in [-0.4, -0.2) is 78.0 Å². The van der Waals surface area contributed by atoms with Gasteiger partial charge in [-0.05, 0) is 45.9 Å². The van der Waals surface area contributed by atoms with Crippen LogP contribution in [0.5, 0.6) is 11.5 Å². The molecule has 1 aromatic heterocycles. The molecule has 2 aliphatic heterocycles. The molecule has 11 nitrogen and oxygen atoms in total. The number of carbonyl (C=O) groups excluding carboxylic acids is 2. The minimum atomic E-state index is -0.576. The predicted octanol–water partition coefficient (Wildman–Crippen LogP) is 4.45. The van der Waals surface area contributed by atoms with Gasteiger partial charge in [-0.15, -0.1) is 0 Å². The number of hydrogen-bond donors (Lipinski definition) is 3. The summed E-state index contributed by atoms with van der Waals surface area (Å²) in [4.78, 5) is 31.7. The Labute approximate surface area is 262 Å². The lowest BCUT2D eigenvalue weighted by Gasteiger charge is -2.34. The van der Waals surface area contributed by atoms with Crippen molar-refractivity contribution in [3.63, 3.8) is 0 Å². The SMILES string of the molecule is COc1c(Cl)cccc1NC(=S)C1=C(NCc2ccncc2OCC2CN(C(=O)OC(C)(C)C)CCO2)CC(C)NC1=O. The summed E-state index contributed by atoms with van der Waals surface area (Å²) in [5.41, 5.74) is 1.84. The Morgan fingerprint density at radius 2 is 2.09 bits per heavy atom. The number of rotatable bonds is 9. The molecule has 2 aromatic rings. The van der Waals surface area contributed by atoms with Gasteiger partial charge in [0.05, 0.1) is 42.7 Å². The average Bonchev–Trinajstić information content (AvgIpc) is 2.94. The molecule has 2 amide bonds. The number of methoxy groups -OCH3 is 1. The van der Waals surface area contributed by atoms with Crippen molar-refractivity contribution in [1.82, 2.24) is 20.5 Å². The number of hydrogen-bond acceptors (Lipinski definition) is 9. The summed E-state index contributed by atoms with van der Waals surface area (Å²) in [6.07, 6.45) is 3.16. The zero-order valence-electron chi connectivity index (χ0n) is 25.0. The largest absolute Gasteiger partial charge is 0.493 e. The number of anilines is 1. The number of morpholine rings is 1. The third-order valence-electron chi connectivity index (χ3n) is 6.64. The fourth-order valence-electron chi connectivity index (χ4n) is 4.67. The zero-order chi connectivity index (χ0) is 31.1. The van der Waals surface area contributed by atoms with Crippen molar-refractivity contribution in [3.05, 3.63) is 58.5 Å². The second-order valence-corrected chi connectivity index (χ2v) is 12.1. The molecular formula is C30H38ClN5O6S. The van der Waals surface area contributed by atoms with Gasteiger partial charge in [0, 0.05) is 43.0 Å². The fourth-order valence-corrected chi connectivity index (χ4v) is 5.25. The summed E-state index contributed by atoms with van der Waals surface area (Å²) in [5.74, 6) is 0.712. The minimum absolute atomic E-state index is 0.0909. The lowest BCUT2D eigenvalue weighted by atomic mass is 10.0. The number of carbonyl (C=O) groups is 2. The standard InChI is InChI=1S/C30H38ClN5O6S/c1-18-13-23(25(27(37)34-18)28(43)35-22-8-6-7-21(31)26(22)39-5)33-14-19-9-10-32-15-24(19)41-17-20-16-36(11-12-40-20)29(38)42-30(2,3)4/h6-10,15,18,20,33H,11-14,16-17H2,1-5H3,(H,34,37)(H,35,43). The van der Waals surface area contributed by atoms with E-state index in [0.717, 1.165) is 5.56 Å². The number of benzene rings is 1. The maximum absolute atomic E-state index is 13.1. The molecule has 2 aliphatic rings. The van der Waals surface area contributed by atoms with E-state index in [-0.39, 0.29) is 35.7 Å². The first kappa shape index (κ1) is 32.3. The van der Waals surface area contributed by atoms with Crippen molar-refractivity contribution in [2.75, 3.05) is 38.7 Å². The lowest BCUT2D eigenvalue weighted by molar-refractivity contribution is -0.118. The number of amides is 2. The van der Waals surface area contributed by atoms with Crippen LogP contribution < -0.4 is 25.4 Å². The Morgan fingerprint density at radius 3 is 2.84 bits per heavy atom. The van der Waals surface area contributed by atoms with Gasteiger partial charge in [0.2, 0.25) is 0 Å². The Bertz CT molecular complexity index is 1380. The molecule has 2 atom stereocenters. The number of aromatic nitrogens is 1. The monoisotopic (exact) mass is 631 g/mol. The maximum Gasteiger partial charge on any atom is 0.410 e. The molecule has 3 heterocycles. The molecule has 3 N–H and O–H groups in total. The first-order valence-electron chi connectivity index (χ1n) is 14.0. The van der Waals surface area contributed by atoms with Crippen molar-refractivity contribution >= 4 is 46.5 Å². The topological polar surface area (TPSA) is 123 Å². The summed E-state index contributed by atoms with van der Waals surface area (Å²) in [7, 11) is 1.52. The highest BCUT2D eigenvalue weighted by molar-refractivity contribution is 7.81. The zero-order valence-corrected chi connectivity index (χ0v) is 26.6. The van der Waals surface area contributed by atoms with Crippen molar-refractivity contribution in [2.45, 2.75) is 58.4 Å². The van der Waals surface area contributed by atoms with Crippen molar-refractivity contribution in [1.29, 1.82) is 0 Å². The van der Waals surface area contributed by atoms with E-state index < -0.39 is 5.60 Å². The van der Waals surface area contributed by atoms with Crippen molar-refractivity contribution in [2.24, 2.45) is 0 Å². The summed E-state index contributed by atoms with van der Waals surface area (Å²) < 4.78 is 22.9. The Morgan fingerprint density at radius 1 is 1.30 bits per heavy atom. The first-order chi connectivity index (χ1) is 20.4. The van der Waals surface area contributed by atoms with E-state index in [1.165, 1.54) is 7.11 Å². The van der Waals surface area contributed by atoms with Crippen LogP contribution >= 0.6 is 23.8 Å². The second kappa shape index (κ2) is 14.2. The quantitative estimate of drug-likeness (QED) is 0.342. The Hall–Kier alpha value is -3.61. The summed E-state index contributed by atoms with van der Waals surface area (Å²) in [6, 6.07) is 7.01. The number of ether oxygens (including phenoxy) is 4. The van der Waals surface area contributed by atoms with Gasteiger partial charge in [-0.2, -0.15) is 0 Å². The van der Waals surface area contributed by atoms with Gasteiger partial charge in [0.15, 0.2) is 5.75 Å². The molecule has 43 heavy (non-hydrogen) atoms. The smallest absolute Gasteiger partial charge is 0.410 e. The average molecular weight is 632 g/mol. The maximum atomic E-state index is 13.1. The number of halogens is 1. The summed E-state index contributed by atoms with van der Waals surface area (Å²) in [6.45, 7) is 9.22. The molecule has 232 valence electrons. The van der Waals surface area contributed by atoms with Gasteiger partial charge < -0.3 is 39.8 Å². The highest BCUT2D eigenvalue weighted by Gasteiger charge is 2.30. The summed E-state index contributed by atoms with van der Waals surface area (Å²) in [5, 5.41) is 9.89. The fraction of sp³-hybridized carbons (Fsp3) is 0.467. The van der Waals surface area contributed by atoms with Crippen molar-refractivity contribution < 1.29 is 28.5 Å².